The van der Waals surface area contributed by atoms with Gasteiger partial charge in [-0.15, -0.1) is 0 Å². The minimum atomic E-state index is -0.920. The van der Waals surface area contributed by atoms with E-state index in [-0.39, 0.29) is 6.42 Å². The number of rotatable bonds is 6. The highest BCUT2D eigenvalue weighted by molar-refractivity contribution is 5.69. The molecule has 1 unspecified atom stereocenters. The largest absolute Gasteiger partial charge is 0.481 e. The van der Waals surface area contributed by atoms with Crippen LogP contribution in [-0.4, -0.2) is 24.3 Å². The van der Waals surface area contributed by atoms with Crippen LogP contribution in [0.15, 0.2) is 0 Å². The van der Waals surface area contributed by atoms with E-state index in [1.807, 2.05) is 0 Å². The molecule has 0 aliphatic carbocycles. The van der Waals surface area contributed by atoms with E-state index in [2.05, 4.69) is 0 Å². The Morgan fingerprint density at radius 1 is 1.55 bits per heavy atom. The average molecular weight is 163 g/mol. The van der Waals surface area contributed by atoms with E-state index >= 15 is 0 Å². The van der Waals surface area contributed by atoms with Crippen LogP contribution in [0.4, 0.5) is 4.39 Å². The molecular weight excluding hydrogens is 149 g/mol. The van der Waals surface area contributed by atoms with Gasteiger partial charge in [0.25, 0.3) is 0 Å². The Bertz CT molecular complexity index is 119. The summed E-state index contributed by atoms with van der Waals surface area (Å²) in [6, 6.07) is 0. The smallest absolute Gasteiger partial charge is 0.306 e. The number of carbonyl (C=O) groups is 1. The molecule has 0 saturated carbocycles. The van der Waals surface area contributed by atoms with Crippen LogP contribution in [0.2, 0.25) is 0 Å². The first kappa shape index (κ1) is 10.4. The number of aliphatic carboxylic acids is 1. The van der Waals surface area contributed by atoms with Crippen LogP contribution in [0.1, 0.15) is 19.3 Å². The molecule has 0 saturated heterocycles. The predicted octanol–water partition coefficient (Wildman–Crippen LogP) is 0.786. The van der Waals surface area contributed by atoms with Gasteiger partial charge in [-0.2, -0.15) is 0 Å². The SMILES string of the molecule is NCCCC(CCF)C(=O)O. The van der Waals surface area contributed by atoms with Gasteiger partial charge in [-0.1, -0.05) is 0 Å². The maximum atomic E-state index is 11.7. The lowest BCUT2D eigenvalue weighted by molar-refractivity contribution is -0.142. The van der Waals surface area contributed by atoms with E-state index in [1.54, 1.807) is 0 Å². The van der Waals surface area contributed by atoms with Crippen molar-refractivity contribution < 1.29 is 14.3 Å². The van der Waals surface area contributed by atoms with Crippen molar-refractivity contribution in [1.82, 2.24) is 0 Å². The Morgan fingerprint density at radius 2 is 2.18 bits per heavy atom. The van der Waals surface area contributed by atoms with Crippen molar-refractivity contribution in [2.24, 2.45) is 11.7 Å². The minimum Gasteiger partial charge on any atom is -0.481 e. The van der Waals surface area contributed by atoms with Crippen LogP contribution in [0.3, 0.4) is 0 Å². The molecule has 66 valence electrons. The van der Waals surface area contributed by atoms with Gasteiger partial charge < -0.3 is 10.8 Å². The predicted molar refractivity (Wildman–Crippen MR) is 40.0 cm³/mol. The monoisotopic (exact) mass is 163 g/mol. The molecule has 0 amide bonds. The van der Waals surface area contributed by atoms with Crippen LogP contribution in [0.25, 0.3) is 0 Å². The summed E-state index contributed by atoms with van der Waals surface area (Å²) >= 11 is 0. The van der Waals surface area contributed by atoms with Gasteiger partial charge in [0.1, 0.15) is 0 Å². The zero-order valence-corrected chi connectivity index (χ0v) is 6.42. The maximum Gasteiger partial charge on any atom is 0.306 e. The van der Waals surface area contributed by atoms with E-state index in [9.17, 15) is 9.18 Å². The lowest BCUT2D eigenvalue weighted by atomic mass is 10.0. The lowest BCUT2D eigenvalue weighted by Gasteiger charge is -2.07. The van der Waals surface area contributed by atoms with E-state index in [1.165, 1.54) is 0 Å². The summed E-state index contributed by atoms with van der Waals surface area (Å²) in [4.78, 5) is 10.4. The van der Waals surface area contributed by atoms with Gasteiger partial charge in [-0.25, -0.2) is 0 Å². The summed E-state index contributed by atoms with van der Waals surface area (Å²) in [5.41, 5.74) is 5.19. The number of hydrogen-bond donors (Lipinski definition) is 2. The fourth-order valence-electron chi connectivity index (χ4n) is 0.887. The second kappa shape index (κ2) is 6.09. The molecular formula is C7H14FNO2. The molecule has 0 aromatic rings. The number of carboxylic acid groups (broad SMARTS) is 1. The maximum absolute atomic E-state index is 11.7. The summed E-state index contributed by atoms with van der Waals surface area (Å²) in [6.07, 6.45) is 1.24. The van der Waals surface area contributed by atoms with Crippen molar-refractivity contribution in [3.8, 4) is 0 Å². The van der Waals surface area contributed by atoms with Gasteiger partial charge in [0.2, 0.25) is 0 Å². The van der Waals surface area contributed by atoms with E-state index in [0.29, 0.717) is 19.4 Å². The van der Waals surface area contributed by atoms with Gasteiger partial charge in [0.15, 0.2) is 0 Å². The third kappa shape index (κ3) is 4.72. The van der Waals surface area contributed by atoms with Gasteiger partial charge in [-0.3, -0.25) is 9.18 Å². The van der Waals surface area contributed by atoms with Crippen molar-refractivity contribution in [2.45, 2.75) is 19.3 Å². The van der Waals surface area contributed by atoms with Crippen molar-refractivity contribution in [1.29, 1.82) is 0 Å². The molecule has 0 radical (unpaired) electrons. The number of hydrogen-bond acceptors (Lipinski definition) is 2. The highest BCUT2D eigenvalue weighted by Crippen LogP contribution is 2.10. The number of halogens is 1. The highest BCUT2D eigenvalue weighted by Gasteiger charge is 2.15. The second-order valence-electron chi connectivity index (χ2n) is 2.44. The fourth-order valence-corrected chi connectivity index (χ4v) is 0.887. The molecule has 0 bridgehead atoms. The summed E-state index contributed by atoms with van der Waals surface area (Å²) in [5, 5.41) is 8.52. The Hall–Kier alpha value is -0.640. The lowest BCUT2D eigenvalue weighted by Crippen LogP contribution is -2.15. The van der Waals surface area contributed by atoms with Gasteiger partial charge >= 0.3 is 5.97 Å². The van der Waals surface area contributed by atoms with Crippen molar-refractivity contribution >= 4 is 5.97 Å². The highest BCUT2D eigenvalue weighted by atomic mass is 19.1. The zero-order valence-electron chi connectivity index (χ0n) is 6.42. The molecule has 0 rings (SSSR count). The zero-order chi connectivity index (χ0) is 8.69. The first-order valence-electron chi connectivity index (χ1n) is 3.71. The van der Waals surface area contributed by atoms with Crippen molar-refractivity contribution in [2.75, 3.05) is 13.2 Å². The first-order chi connectivity index (χ1) is 5.22. The van der Waals surface area contributed by atoms with Crippen LogP contribution in [0.5, 0.6) is 0 Å². The molecule has 0 aliphatic heterocycles. The number of carboxylic acids is 1. The standard InChI is InChI=1S/C7H14FNO2/c8-4-3-6(7(10)11)2-1-5-9/h6H,1-5,9H2,(H,10,11). The molecule has 0 spiro atoms. The molecule has 11 heavy (non-hydrogen) atoms. The van der Waals surface area contributed by atoms with Gasteiger partial charge in [0, 0.05) is 0 Å². The summed E-state index contributed by atoms with van der Waals surface area (Å²) < 4.78 is 11.7. The Morgan fingerprint density at radius 3 is 2.55 bits per heavy atom. The third-order valence-corrected chi connectivity index (χ3v) is 1.56. The molecule has 0 fully saturated rings. The number of nitrogens with two attached hydrogens (primary N) is 1. The molecule has 4 heteroatoms. The molecule has 3 N–H and O–H groups in total. The minimum absolute atomic E-state index is 0.106. The fraction of sp³-hybridized carbons (Fsp3) is 0.857. The molecule has 0 aliphatic rings. The Balaban J connectivity index is 3.60. The summed E-state index contributed by atoms with van der Waals surface area (Å²) in [6.45, 7) is -0.0996. The van der Waals surface area contributed by atoms with Crippen LogP contribution in [-0.2, 0) is 4.79 Å². The van der Waals surface area contributed by atoms with Crippen LogP contribution in [0, 0.1) is 5.92 Å². The van der Waals surface area contributed by atoms with Crippen LogP contribution >= 0.6 is 0 Å². The Kier molecular flexibility index (Phi) is 5.74. The topological polar surface area (TPSA) is 63.3 Å². The van der Waals surface area contributed by atoms with Crippen LogP contribution < -0.4 is 5.73 Å². The first-order valence-corrected chi connectivity index (χ1v) is 3.71. The average Bonchev–Trinajstić information content (AvgIpc) is 1.97. The number of alkyl halides is 1. The second-order valence-corrected chi connectivity index (χ2v) is 2.44. The normalized spacial score (nSPS) is 12.9. The van der Waals surface area contributed by atoms with E-state index in [4.69, 9.17) is 10.8 Å². The Labute approximate surface area is 65.4 Å². The van der Waals surface area contributed by atoms with Gasteiger partial charge in [0.05, 0.1) is 12.6 Å². The summed E-state index contributed by atoms with van der Waals surface area (Å²) in [5.74, 6) is -1.47. The molecule has 0 aromatic heterocycles. The van der Waals surface area contributed by atoms with Crippen molar-refractivity contribution in [3.63, 3.8) is 0 Å². The molecule has 3 nitrogen and oxygen atoms in total. The molecule has 1 atom stereocenters. The molecule has 0 aromatic carbocycles. The van der Waals surface area contributed by atoms with E-state index in [0.717, 1.165) is 0 Å². The third-order valence-electron chi connectivity index (χ3n) is 1.56. The molecule has 0 heterocycles. The quantitative estimate of drug-likeness (QED) is 0.608. The van der Waals surface area contributed by atoms with E-state index < -0.39 is 18.6 Å². The van der Waals surface area contributed by atoms with Gasteiger partial charge in [-0.05, 0) is 25.8 Å². The summed E-state index contributed by atoms with van der Waals surface area (Å²) in [7, 11) is 0. The van der Waals surface area contributed by atoms with Crippen molar-refractivity contribution in [3.05, 3.63) is 0 Å².